The van der Waals surface area contributed by atoms with Crippen molar-refractivity contribution in [3.63, 3.8) is 0 Å². The lowest BCUT2D eigenvalue weighted by molar-refractivity contribution is -0.124. The molecule has 0 saturated heterocycles. The Morgan fingerprint density at radius 2 is 1.86 bits per heavy atom. The van der Waals surface area contributed by atoms with E-state index in [0.717, 1.165) is 16.8 Å². The van der Waals surface area contributed by atoms with Crippen LogP contribution in [0.3, 0.4) is 0 Å². The Labute approximate surface area is 164 Å². The number of ketones is 1. The molecule has 0 bridgehead atoms. The van der Waals surface area contributed by atoms with Crippen LogP contribution in [0.2, 0.25) is 0 Å². The average Bonchev–Trinajstić information content (AvgIpc) is 3.05. The van der Waals surface area contributed by atoms with E-state index in [0.29, 0.717) is 31.3 Å². The maximum atomic E-state index is 12.8. The minimum Gasteiger partial charge on any atom is -0.393 e. The van der Waals surface area contributed by atoms with Crippen molar-refractivity contribution in [3.8, 4) is 0 Å². The van der Waals surface area contributed by atoms with Crippen LogP contribution in [0.25, 0.3) is 5.57 Å². The van der Waals surface area contributed by atoms with Gasteiger partial charge in [-0.05, 0) is 48.4 Å². The number of hydrogen-bond donors (Lipinski definition) is 2. The molecule has 2 aliphatic rings. The first-order valence-electron chi connectivity index (χ1n) is 9.81. The van der Waals surface area contributed by atoms with Gasteiger partial charge in [-0.2, -0.15) is 0 Å². The van der Waals surface area contributed by atoms with Gasteiger partial charge < -0.3 is 10.4 Å². The largest absolute Gasteiger partial charge is 0.393 e. The fraction of sp³-hybridized carbons (Fsp3) is 0.348. The van der Waals surface area contributed by atoms with E-state index >= 15 is 0 Å². The van der Waals surface area contributed by atoms with Crippen molar-refractivity contribution in [2.24, 2.45) is 5.92 Å². The molecule has 1 fully saturated rings. The summed E-state index contributed by atoms with van der Waals surface area (Å²) in [6.45, 7) is 0. The lowest BCUT2D eigenvalue weighted by Gasteiger charge is -2.37. The number of pyridine rings is 1. The maximum absolute atomic E-state index is 12.8. The number of carbonyl (C=O) groups is 2. The third-order valence-electron chi connectivity index (χ3n) is 5.71. The molecule has 0 aliphatic heterocycles. The molecule has 0 radical (unpaired) electrons. The van der Waals surface area contributed by atoms with Gasteiger partial charge in [-0.1, -0.05) is 36.4 Å². The number of aromatic nitrogens is 1. The van der Waals surface area contributed by atoms with E-state index in [4.69, 9.17) is 0 Å². The summed E-state index contributed by atoms with van der Waals surface area (Å²) < 4.78 is 0. The molecule has 1 aromatic carbocycles. The van der Waals surface area contributed by atoms with Crippen LogP contribution in [0.1, 0.15) is 49.4 Å². The van der Waals surface area contributed by atoms with Crippen molar-refractivity contribution >= 4 is 17.3 Å². The summed E-state index contributed by atoms with van der Waals surface area (Å²) in [5, 5.41) is 12.8. The topological polar surface area (TPSA) is 79.3 Å². The second kappa shape index (κ2) is 8.07. The third-order valence-corrected chi connectivity index (χ3v) is 5.71. The highest BCUT2D eigenvalue weighted by molar-refractivity contribution is 6.10. The molecule has 1 saturated carbocycles. The molecule has 1 atom stereocenters. The van der Waals surface area contributed by atoms with Crippen LogP contribution in [0, 0.1) is 5.92 Å². The number of nitrogens with one attached hydrogen (secondary N) is 1. The highest BCUT2D eigenvalue weighted by Crippen LogP contribution is 2.38. The highest BCUT2D eigenvalue weighted by atomic mass is 16.3. The normalized spacial score (nSPS) is 22.7. The SMILES string of the molecule is O=C(CC1=C(c2ccccc2)CCC1=O)N[C@@H](c1ccccn1)C1CC(O)C1. The van der Waals surface area contributed by atoms with Gasteiger partial charge in [0, 0.05) is 18.2 Å². The summed E-state index contributed by atoms with van der Waals surface area (Å²) in [5.74, 6) is 0.0499. The van der Waals surface area contributed by atoms with Gasteiger partial charge in [-0.15, -0.1) is 0 Å². The zero-order valence-electron chi connectivity index (χ0n) is 15.7. The number of hydrogen-bond acceptors (Lipinski definition) is 4. The number of allylic oxidation sites excluding steroid dienone is 1. The number of amides is 1. The lowest BCUT2D eigenvalue weighted by atomic mass is 9.76. The van der Waals surface area contributed by atoms with Crippen molar-refractivity contribution in [1.29, 1.82) is 0 Å². The first kappa shape index (κ1) is 18.6. The Hall–Kier alpha value is -2.79. The van der Waals surface area contributed by atoms with Crippen LogP contribution in [0.5, 0.6) is 0 Å². The van der Waals surface area contributed by atoms with Gasteiger partial charge >= 0.3 is 0 Å². The molecule has 1 heterocycles. The van der Waals surface area contributed by atoms with Crippen LogP contribution in [-0.4, -0.2) is 27.9 Å². The Kier molecular flexibility index (Phi) is 5.35. The maximum Gasteiger partial charge on any atom is 0.225 e. The quantitative estimate of drug-likeness (QED) is 0.811. The van der Waals surface area contributed by atoms with Gasteiger partial charge in [-0.3, -0.25) is 14.6 Å². The van der Waals surface area contributed by atoms with E-state index < -0.39 is 0 Å². The predicted molar refractivity (Wildman–Crippen MR) is 106 cm³/mol. The molecule has 0 unspecified atom stereocenters. The Morgan fingerprint density at radius 3 is 2.54 bits per heavy atom. The van der Waals surface area contributed by atoms with Gasteiger partial charge in [0.05, 0.1) is 24.3 Å². The predicted octanol–water partition coefficient (Wildman–Crippen LogP) is 3.22. The van der Waals surface area contributed by atoms with E-state index in [1.165, 1.54) is 0 Å². The molecule has 2 N–H and O–H groups in total. The number of carbonyl (C=O) groups excluding carboxylic acids is 2. The summed E-state index contributed by atoms with van der Waals surface area (Å²) in [4.78, 5) is 29.6. The van der Waals surface area contributed by atoms with Gasteiger partial charge in [0.25, 0.3) is 0 Å². The van der Waals surface area contributed by atoms with Crippen molar-refractivity contribution in [2.75, 3.05) is 0 Å². The first-order chi connectivity index (χ1) is 13.6. The van der Waals surface area contributed by atoms with Gasteiger partial charge in [0.15, 0.2) is 5.78 Å². The first-order valence-corrected chi connectivity index (χ1v) is 9.81. The van der Waals surface area contributed by atoms with Gasteiger partial charge in [0.2, 0.25) is 5.91 Å². The van der Waals surface area contributed by atoms with Crippen LogP contribution < -0.4 is 5.32 Å². The molecule has 2 aromatic rings. The fourth-order valence-corrected chi connectivity index (χ4v) is 4.15. The van der Waals surface area contributed by atoms with Crippen LogP contribution >= 0.6 is 0 Å². The Balaban J connectivity index is 1.52. The van der Waals surface area contributed by atoms with Crippen LogP contribution in [0.4, 0.5) is 0 Å². The molecular weight excluding hydrogens is 352 g/mol. The summed E-state index contributed by atoms with van der Waals surface area (Å²) in [6.07, 6.45) is 3.94. The standard InChI is InChI=1S/C23H24N2O3/c26-17-12-16(13-17)23(20-8-4-5-11-24-20)25-22(28)14-19-18(9-10-21(19)27)15-6-2-1-3-7-15/h1-8,11,16-17,23,26H,9-10,12-14H2,(H,25,28)/t16?,17?,23-/m1/s1. The van der Waals surface area contributed by atoms with Crippen molar-refractivity contribution in [2.45, 2.75) is 44.2 Å². The molecule has 2 aliphatic carbocycles. The summed E-state index contributed by atoms with van der Waals surface area (Å²) in [7, 11) is 0. The second-order valence-corrected chi connectivity index (χ2v) is 7.61. The van der Waals surface area contributed by atoms with Gasteiger partial charge in [-0.25, -0.2) is 0 Å². The summed E-state index contributed by atoms with van der Waals surface area (Å²) in [5.41, 5.74) is 3.41. The second-order valence-electron chi connectivity index (χ2n) is 7.61. The summed E-state index contributed by atoms with van der Waals surface area (Å²) in [6, 6.07) is 15.2. The number of rotatable bonds is 6. The van der Waals surface area contributed by atoms with E-state index in [2.05, 4.69) is 10.3 Å². The Morgan fingerprint density at radius 1 is 1.11 bits per heavy atom. The van der Waals surface area contributed by atoms with Crippen molar-refractivity contribution in [3.05, 3.63) is 71.6 Å². The number of aliphatic hydroxyl groups excluding tert-OH is 1. The number of Topliss-reactive ketones (excluding diaryl/α,β-unsaturated/α-hetero) is 1. The van der Waals surface area contributed by atoms with Crippen molar-refractivity contribution < 1.29 is 14.7 Å². The van der Waals surface area contributed by atoms with E-state index in [1.54, 1.807) is 6.20 Å². The molecular formula is C23H24N2O3. The number of aliphatic hydroxyl groups is 1. The lowest BCUT2D eigenvalue weighted by Crippen LogP contribution is -2.42. The molecule has 144 valence electrons. The molecule has 1 aromatic heterocycles. The molecule has 28 heavy (non-hydrogen) atoms. The van der Waals surface area contributed by atoms with Crippen LogP contribution in [0.15, 0.2) is 60.3 Å². The molecule has 4 rings (SSSR count). The smallest absolute Gasteiger partial charge is 0.225 e. The monoisotopic (exact) mass is 376 g/mol. The number of benzene rings is 1. The zero-order valence-corrected chi connectivity index (χ0v) is 15.7. The van der Waals surface area contributed by atoms with E-state index in [9.17, 15) is 14.7 Å². The minimum absolute atomic E-state index is 0.0578. The zero-order chi connectivity index (χ0) is 19.5. The summed E-state index contributed by atoms with van der Waals surface area (Å²) >= 11 is 0. The van der Waals surface area contributed by atoms with E-state index in [-0.39, 0.29) is 36.2 Å². The molecule has 5 nitrogen and oxygen atoms in total. The van der Waals surface area contributed by atoms with Crippen LogP contribution in [-0.2, 0) is 9.59 Å². The molecule has 0 spiro atoms. The molecule has 1 amide bonds. The van der Waals surface area contributed by atoms with Gasteiger partial charge in [0.1, 0.15) is 0 Å². The Bertz CT molecular complexity index is 887. The van der Waals surface area contributed by atoms with Crippen molar-refractivity contribution in [1.82, 2.24) is 10.3 Å². The third kappa shape index (κ3) is 3.90. The fourth-order valence-electron chi connectivity index (χ4n) is 4.15. The average molecular weight is 376 g/mol. The highest BCUT2D eigenvalue weighted by Gasteiger charge is 2.36. The minimum atomic E-state index is -0.308. The molecule has 5 heteroatoms. The number of nitrogens with zero attached hydrogens (tertiary/aromatic N) is 1. The van der Waals surface area contributed by atoms with E-state index in [1.807, 2.05) is 48.5 Å².